The van der Waals surface area contributed by atoms with Crippen LogP contribution < -0.4 is 0 Å². The van der Waals surface area contributed by atoms with Gasteiger partial charge in [0.15, 0.2) is 6.29 Å². The second kappa shape index (κ2) is 5.34. The van der Waals surface area contributed by atoms with Gasteiger partial charge < -0.3 is 4.79 Å². The lowest BCUT2D eigenvalue weighted by Crippen LogP contribution is -1.76. The highest BCUT2D eigenvalue weighted by atomic mass is 16.1. The summed E-state index contributed by atoms with van der Waals surface area (Å²) in [5, 5.41) is 0. The van der Waals surface area contributed by atoms with Crippen LogP contribution in [-0.4, -0.2) is 12.6 Å². The average molecular weight is 99.1 g/mol. The maximum Gasteiger partial charge on any atom is 0.198 e. The zero-order chi connectivity index (χ0) is 5.54. The molecule has 39 valence electrons. The highest BCUT2D eigenvalue weighted by Crippen LogP contribution is 1.85. The standard InChI is InChI=1S/C5H7O2/c6-4-2-1-3-5-7/h4H,1-3H2. The average Bonchev–Trinajstić information content (AvgIpc) is 1.69. The van der Waals surface area contributed by atoms with Crippen molar-refractivity contribution in [1.29, 1.82) is 0 Å². The Bertz CT molecular complexity index is 51.1. The fourth-order valence-electron chi connectivity index (χ4n) is 0.258. The normalized spacial score (nSPS) is 8.00. The summed E-state index contributed by atoms with van der Waals surface area (Å²) in [4.78, 5) is 19.0. The van der Waals surface area contributed by atoms with Crippen LogP contribution in [0.5, 0.6) is 0 Å². The molecule has 2 nitrogen and oxygen atoms in total. The Balaban J connectivity index is 2.68. The zero-order valence-corrected chi connectivity index (χ0v) is 4.02. The molecule has 0 heterocycles. The van der Waals surface area contributed by atoms with E-state index in [1.54, 1.807) is 6.29 Å². The van der Waals surface area contributed by atoms with E-state index < -0.39 is 0 Å². The molecular weight excluding hydrogens is 92.1 g/mol. The van der Waals surface area contributed by atoms with E-state index in [9.17, 15) is 9.59 Å². The first-order valence-electron chi connectivity index (χ1n) is 2.20. The highest BCUT2D eigenvalue weighted by molar-refractivity contribution is 5.53. The van der Waals surface area contributed by atoms with E-state index in [0.29, 0.717) is 19.3 Å². The van der Waals surface area contributed by atoms with Crippen molar-refractivity contribution in [2.45, 2.75) is 19.3 Å². The van der Waals surface area contributed by atoms with Crippen LogP contribution >= 0.6 is 0 Å². The minimum Gasteiger partial charge on any atom is -0.303 e. The van der Waals surface area contributed by atoms with Crippen molar-refractivity contribution in [2.75, 3.05) is 0 Å². The largest absolute Gasteiger partial charge is 0.303 e. The molecule has 0 fully saturated rings. The van der Waals surface area contributed by atoms with Gasteiger partial charge in [-0.3, -0.25) is 4.79 Å². The lowest BCUT2D eigenvalue weighted by Gasteiger charge is -1.77. The molecule has 0 N–H and O–H groups in total. The molecule has 0 aliphatic rings. The van der Waals surface area contributed by atoms with Gasteiger partial charge >= 0.3 is 0 Å². The van der Waals surface area contributed by atoms with Crippen LogP contribution in [0.15, 0.2) is 0 Å². The third kappa shape index (κ3) is 5.34. The Kier molecular flexibility index (Phi) is 4.84. The predicted molar refractivity (Wildman–Crippen MR) is 25.6 cm³/mol. The quantitative estimate of drug-likeness (QED) is 0.379. The molecule has 0 spiro atoms. The van der Waals surface area contributed by atoms with Crippen LogP contribution in [0.2, 0.25) is 0 Å². The van der Waals surface area contributed by atoms with Crippen molar-refractivity contribution in [3.05, 3.63) is 0 Å². The molecule has 0 aliphatic heterocycles. The molecule has 7 heavy (non-hydrogen) atoms. The molecule has 0 rings (SSSR count). The highest BCUT2D eigenvalue weighted by Gasteiger charge is 1.81. The molecule has 0 aromatic rings. The van der Waals surface area contributed by atoms with Crippen molar-refractivity contribution in [3.63, 3.8) is 0 Å². The molecule has 0 saturated carbocycles. The molecular formula is C5H7O2. The van der Waals surface area contributed by atoms with Crippen molar-refractivity contribution in [3.8, 4) is 0 Å². The molecule has 0 unspecified atom stereocenters. The van der Waals surface area contributed by atoms with Crippen molar-refractivity contribution in [2.24, 2.45) is 0 Å². The van der Waals surface area contributed by atoms with Crippen LogP contribution in [0, 0.1) is 0 Å². The maximum atomic E-state index is 9.55. The van der Waals surface area contributed by atoms with Crippen LogP contribution in [0.3, 0.4) is 0 Å². The summed E-state index contributed by atoms with van der Waals surface area (Å²) in [6.07, 6.45) is 4.01. The number of hydrogen-bond donors (Lipinski definition) is 0. The first kappa shape index (κ1) is 6.34. The second-order valence-corrected chi connectivity index (χ2v) is 1.20. The van der Waals surface area contributed by atoms with Gasteiger partial charge in [-0.05, 0) is 6.42 Å². The van der Waals surface area contributed by atoms with Gasteiger partial charge in [0.1, 0.15) is 6.29 Å². The number of hydrogen-bond acceptors (Lipinski definition) is 2. The third-order valence-electron chi connectivity index (χ3n) is 0.601. The van der Waals surface area contributed by atoms with Gasteiger partial charge in [0.2, 0.25) is 0 Å². The molecule has 0 aromatic heterocycles. The smallest absolute Gasteiger partial charge is 0.198 e. The molecule has 0 bridgehead atoms. The predicted octanol–water partition coefficient (Wildman–Crippen LogP) is 0.465. The molecule has 0 amide bonds. The van der Waals surface area contributed by atoms with Crippen LogP contribution in [0.1, 0.15) is 19.3 Å². The molecule has 1 radical (unpaired) electrons. The molecule has 2 heteroatoms. The van der Waals surface area contributed by atoms with Gasteiger partial charge in [-0.2, -0.15) is 0 Å². The van der Waals surface area contributed by atoms with E-state index in [1.165, 1.54) is 0 Å². The Morgan fingerprint density at radius 1 is 1.57 bits per heavy atom. The van der Waals surface area contributed by atoms with Gasteiger partial charge in [-0.1, -0.05) is 0 Å². The number of carbonyl (C=O) groups is 1. The van der Waals surface area contributed by atoms with Gasteiger partial charge in [0.05, 0.1) is 0 Å². The third-order valence-corrected chi connectivity index (χ3v) is 0.601. The zero-order valence-electron chi connectivity index (χ0n) is 4.02. The first-order valence-corrected chi connectivity index (χ1v) is 2.20. The Labute approximate surface area is 42.5 Å². The summed E-state index contributed by atoms with van der Waals surface area (Å²) in [6.45, 7) is 0. The SMILES string of the molecule is O=[C]CCCC=O. The molecule has 0 aromatic carbocycles. The number of carbonyl (C=O) groups excluding carboxylic acids is 2. The number of aldehydes is 1. The maximum absolute atomic E-state index is 9.55. The van der Waals surface area contributed by atoms with E-state index in [0.717, 1.165) is 6.29 Å². The summed E-state index contributed by atoms with van der Waals surface area (Å²) >= 11 is 0. The topological polar surface area (TPSA) is 34.1 Å². The minimum absolute atomic E-state index is 0.388. The van der Waals surface area contributed by atoms with E-state index >= 15 is 0 Å². The Morgan fingerprint density at radius 3 is 2.71 bits per heavy atom. The fourth-order valence-corrected chi connectivity index (χ4v) is 0.258. The van der Waals surface area contributed by atoms with Crippen molar-refractivity contribution < 1.29 is 9.59 Å². The van der Waals surface area contributed by atoms with Gasteiger partial charge in [-0.15, -0.1) is 0 Å². The number of unbranched alkanes of at least 4 members (excludes halogenated alkanes) is 2. The van der Waals surface area contributed by atoms with Crippen molar-refractivity contribution >= 4 is 12.6 Å². The monoisotopic (exact) mass is 99.0 g/mol. The fraction of sp³-hybridized carbons (Fsp3) is 0.600. The van der Waals surface area contributed by atoms with Crippen LogP contribution in [0.25, 0.3) is 0 Å². The lowest BCUT2D eigenvalue weighted by atomic mass is 10.3. The van der Waals surface area contributed by atoms with Gasteiger partial charge in [0.25, 0.3) is 0 Å². The van der Waals surface area contributed by atoms with Gasteiger partial charge in [0, 0.05) is 12.8 Å². The first-order chi connectivity index (χ1) is 3.41. The summed E-state index contributed by atoms with van der Waals surface area (Å²) < 4.78 is 0. The van der Waals surface area contributed by atoms with E-state index in [-0.39, 0.29) is 0 Å². The molecule has 0 atom stereocenters. The summed E-state index contributed by atoms with van der Waals surface area (Å²) in [6, 6.07) is 0. The molecule has 0 aliphatic carbocycles. The van der Waals surface area contributed by atoms with Crippen LogP contribution in [-0.2, 0) is 9.59 Å². The summed E-state index contributed by atoms with van der Waals surface area (Å²) in [5.41, 5.74) is 0. The lowest BCUT2D eigenvalue weighted by molar-refractivity contribution is -0.107. The van der Waals surface area contributed by atoms with E-state index in [1.807, 2.05) is 0 Å². The van der Waals surface area contributed by atoms with Crippen LogP contribution in [0.4, 0.5) is 0 Å². The summed E-state index contributed by atoms with van der Waals surface area (Å²) in [5.74, 6) is 0. The Hall–Kier alpha value is -0.660. The summed E-state index contributed by atoms with van der Waals surface area (Å²) in [7, 11) is 0. The van der Waals surface area contributed by atoms with Crippen molar-refractivity contribution in [1.82, 2.24) is 0 Å². The second-order valence-electron chi connectivity index (χ2n) is 1.20. The van der Waals surface area contributed by atoms with E-state index in [4.69, 9.17) is 0 Å². The number of rotatable bonds is 4. The van der Waals surface area contributed by atoms with Gasteiger partial charge in [-0.25, -0.2) is 0 Å². The minimum atomic E-state index is 0.388. The molecule has 0 saturated heterocycles. The Morgan fingerprint density at radius 2 is 2.29 bits per heavy atom. The van der Waals surface area contributed by atoms with E-state index in [2.05, 4.69) is 0 Å².